The second-order valence-electron chi connectivity index (χ2n) is 4.17. The zero-order valence-electron chi connectivity index (χ0n) is 11.4. The lowest BCUT2D eigenvalue weighted by Gasteiger charge is -2.08. The molecular weight excluding hydrogens is 298 g/mol. The minimum Gasteiger partial charge on any atom is -0.481 e. The largest absolute Gasteiger partial charge is 0.481 e. The zero-order chi connectivity index (χ0) is 15.9. The Hall–Kier alpha value is -2.13. The fraction of sp³-hybridized carbons (Fsp3) is 0.333. The predicted octanol–water partition coefficient (Wildman–Crippen LogP) is -0.0156. The first-order chi connectivity index (χ1) is 9.82. The van der Waals surface area contributed by atoms with Gasteiger partial charge >= 0.3 is 12.0 Å². The summed E-state index contributed by atoms with van der Waals surface area (Å²) in [5, 5.41) is 13.5. The van der Waals surface area contributed by atoms with Gasteiger partial charge < -0.3 is 15.7 Å². The van der Waals surface area contributed by atoms with Crippen LogP contribution in [0, 0.1) is 0 Å². The van der Waals surface area contributed by atoms with Crippen molar-refractivity contribution in [1.29, 1.82) is 0 Å². The molecule has 8 nitrogen and oxygen atoms in total. The van der Waals surface area contributed by atoms with E-state index < -0.39 is 22.0 Å². The summed E-state index contributed by atoms with van der Waals surface area (Å²) in [7, 11) is -2.05. The van der Waals surface area contributed by atoms with Gasteiger partial charge in [-0.05, 0) is 24.7 Å². The van der Waals surface area contributed by atoms with Crippen molar-refractivity contribution in [2.75, 3.05) is 24.7 Å². The first-order valence-corrected chi connectivity index (χ1v) is 7.74. The molecule has 0 aliphatic heterocycles. The number of hydrogen-bond acceptors (Lipinski definition) is 4. The van der Waals surface area contributed by atoms with Gasteiger partial charge in [-0.3, -0.25) is 4.79 Å². The third-order valence-electron chi connectivity index (χ3n) is 2.53. The summed E-state index contributed by atoms with van der Waals surface area (Å²) in [5.41, 5.74) is 1.10. The number of rotatable bonds is 7. The van der Waals surface area contributed by atoms with E-state index in [-0.39, 0.29) is 18.7 Å². The van der Waals surface area contributed by atoms with E-state index in [0.717, 1.165) is 0 Å². The number of carbonyl (C=O) groups excluding carboxylic acids is 1. The Balaban J connectivity index is 2.43. The van der Waals surface area contributed by atoms with E-state index in [1.165, 1.54) is 7.05 Å². The molecule has 9 heteroatoms. The van der Waals surface area contributed by atoms with E-state index in [1.54, 1.807) is 24.3 Å². The lowest BCUT2D eigenvalue weighted by atomic mass is 10.1. The van der Waals surface area contributed by atoms with Crippen LogP contribution in [0.25, 0.3) is 0 Å². The number of carbonyl (C=O) groups is 2. The summed E-state index contributed by atoms with van der Waals surface area (Å²) >= 11 is 0. The number of anilines is 1. The van der Waals surface area contributed by atoms with Crippen LogP contribution in [0.3, 0.4) is 0 Å². The standard InChI is InChI=1S/C12H17N3O5S/c1-13-21(19,20)7-6-14-12(18)15-10-4-2-9(3-5-10)8-11(16)17/h2-5,13H,6-8H2,1H3,(H,16,17)(H2,14,15,18). The highest BCUT2D eigenvalue weighted by molar-refractivity contribution is 7.89. The summed E-state index contributed by atoms with van der Waals surface area (Å²) < 4.78 is 24.4. The molecule has 0 saturated heterocycles. The van der Waals surface area contributed by atoms with Crippen molar-refractivity contribution in [2.24, 2.45) is 0 Å². The Kier molecular flexibility index (Phi) is 6.12. The van der Waals surface area contributed by atoms with Gasteiger partial charge in [0.25, 0.3) is 0 Å². The Morgan fingerprint density at radius 2 is 1.81 bits per heavy atom. The van der Waals surface area contributed by atoms with Gasteiger partial charge in [-0.2, -0.15) is 0 Å². The molecule has 0 heterocycles. The molecule has 21 heavy (non-hydrogen) atoms. The van der Waals surface area contributed by atoms with Crippen molar-refractivity contribution in [3.05, 3.63) is 29.8 Å². The molecule has 0 aromatic heterocycles. The number of aliphatic carboxylic acids is 1. The first-order valence-electron chi connectivity index (χ1n) is 6.09. The molecule has 1 aromatic rings. The van der Waals surface area contributed by atoms with Crippen molar-refractivity contribution in [1.82, 2.24) is 10.0 Å². The highest BCUT2D eigenvalue weighted by atomic mass is 32.2. The number of nitrogens with one attached hydrogen (secondary N) is 3. The molecule has 1 rings (SSSR count). The maximum absolute atomic E-state index is 11.5. The summed E-state index contributed by atoms with van der Waals surface area (Å²) in [4.78, 5) is 22.0. The summed E-state index contributed by atoms with van der Waals surface area (Å²) in [5.74, 6) is -1.15. The minimum absolute atomic E-state index is 0.0217. The van der Waals surface area contributed by atoms with E-state index in [2.05, 4.69) is 15.4 Å². The van der Waals surface area contributed by atoms with Gasteiger partial charge in [0.15, 0.2) is 0 Å². The summed E-state index contributed by atoms with van der Waals surface area (Å²) in [6, 6.07) is 5.79. The lowest BCUT2D eigenvalue weighted by molar-refractivity contribution is -0.136. The van der Waals surface area contributed by atoms with Crippen LogP contribution in [0.1, 0.15) is 5.56 Å². The number of carboxylic acid groups (broad SMARTS) is 1. The normalized spacial score (nSPS) is 10.9. The molecule has 0 aliphatic rings. The van der Waals surface area contributed by atoms with E-state index in [0.29, 0.717) is 11.3 Å². The summed E-state index contributed by atoms with van der Waals surface area (Å²) in [6.45, 7) is -0.0217. The maximum atomic E-state index is 11.5. The Labute approximate surface area is 122 Å². The van der Waals surface area contributed by atoms with Crippen LogP contribution in [-0.2, 0) is 21.2 Å². The molecule has 0 fully saturated rings. The van der Waals surface area contributed by atoms with Crippen molar-refractivity contribution in [3.63, 3.8) is 0 Å². The molecule has 1 aromatic carbocycles. The van der Waals surface area contributed by atoms with Gasteiger partial charge in [0.2, 0.25) is 10.0 Å². The van der Waals surface area contributed by atoms with Crippen LogP contribution in [0.5, 0.6) is 0 Å². The Bertz CT molecular complexity index is 598. The smallest absolute Gasteiger partial charge is 0.319 e. The van der Waals surface area contributed by atoms with Crippen molar-refractivity contribution in [2.45, 2.75) is 6.42 Å². The average molecular weight is 315 g/mol. The molecule has 116 valence electrons. The fourth-order valence-corrected chi connectivity index (χ4v) is 2.03. The van der Waals surface area contributed by atoms with E-state index in [1.807, 2.05) is 0 Å². The first kappa shape index (κ1) is 16.9. The minimum atomic E-state index is -3.35. The third kappa shape index (κ3) is 6.72. The van der Waals surface area contributed by atoms with Crippen molar-refractivity contribution < 1.29 is 23.1 Å². The van der Waals surface area contributed by atoms with Crippen LogP contribution in [0.15, 0.2) is 24.3 Å². The fourth-order valence-electron chi connectivity index (χ4n) is 1.46. The van der Waals surface area contributed by atoms with E-state index in [4.69, 9.17) is 5.11 Å². The number of urea groups is 1. The number of sulfonamides is 1. The highest BCUT2D eigenvalue weighted by Gasteiger charge is 2.08. The van der Waals surface area contributed by atoms with Gasteiger partial charge in [-0.25, -0.2) is 17.9 Å². The molecule has 0 aliphatic carbocycles. The number of benzene rings is 1. The van der Waals surface area contributed by atoms with Crippen molar-refractivity contribution in [3.8, 4) is 0 Å². The molecule has 0 spiro atoms. The molecule has 0 atom stereocenters. The van der Waals surface area contributed by atoms with Crippen LogP contribution in [-0.4, -0.2) is 44.9 Å². The quantitative estimate of drug-likeness (QED) is 0.563. The number of amides is 2. The van der Waals surface area contributed by atoms with Gasteiger partial charge in [0, 0.05) is 12.2 Å². The number of carboxylic acids is 1. The maximum Gasteiger partial charge on any atom is 0.319 e. The molecule has 0 bridgehead atoms. The molecule has 0 unspecified atom stereocenters. The molecule has 2 amide bonds. The topological polar surface area (TPSA) is 125 Å². The average Bonchev–Trinajstić information content (AvgIpc) is 2.40. The highest BCUT2D eigenvalue weighted by Crippen LogP contribution is 2.09. The lowest BCUT2D eigenvalue weighted by Crippen LogP contribution is -2.35. The molecule has 4 N–H and O–H groups in total. The predicted molar refractivity (Wildman–Crippen MR) is 77.6 cm³/mol. The van der Waals surface area contributed by atoms with Crippen molar-refractivity contribution >= 4 is 27.7 Å². The Morgan fingerprint density at radius 1 is 1.19 bits per heavy atom. The monoisotopic (exact) mass is 315 g/mol. The van der Waals surface area contributed by atoms with Gasteiger partial charge in [-0.15, -0.1) is 0 Å². The van der Waals surface area contributed by atoms with Gasteiger partial charge in [0.05, 0.1) is 12.2 Å². The molecule has 0 radical (unpaired) electrons. The summed E-state index contributed by atoms with van der Waals surface area (Å²) in [6.07, 6.45) is -0.0889. The van der Waals surface area contributed by atoms with E-state index in [9.17, 15) is 18.0 Å². The van der Waals surface area contributed by atoms with Gasteiger partial charge in [0.1, 0.15) is 0 Å². The van der Waals surface area contributed by atoms with Crippen LogP contribution in [0.4, 0.5) is 10.5 Å². The Morgan fingerprint density at radius 3 is 2.33 bits per heavy atom. The second kappa shape index (κ2) is 7.60. The van der Waals surface area contributed by atoms with Crippen LogP contribution < -0.4 is 15.4 Å². The SMILES string of the molecule is CNS(=O)(=O)CCNC(=O)Nc1ccc(CC(=O)O)cc1. The van der Waals surface area contributed by atoms with Gasteiger partial charge in [-0.1, -0.05) is 12.1 Å². The molecular formula is C12H17N3O5S. The third-order valence-corrected chi connectivity index (χ3v) is 3.90. The van der Waals surface area contributed by atoms with E-state index >= 15 is 0 Å². The number of hydrogen-bond donors (Lipinski definition) is 4. The zero-order valence-corrected chi connectivity index (χ0v) is 12.2. The van der Waals surface area contributed by atoms with Crippen LogP contribution >= 0.6 is 0 Å². The van der Waals surface area contributed by atoms with Crippen LogP contribution in [0.2, 0.25) is 0 Å². The second-order valence-corrected chi connectivity index (χ2v) is 6.22. The molecule has 0 saturated carbocycles.